The van der Waals surface area contributed by atoms with Gasteiger partial charge in [0.1, 0.15) is 0 Å². The van der Waals surface area contributed by atoms with Crippen molar-refractivity contribution in [2.75, 3.05) is 29.4 Å². The molecule has 4 aliphatic heterocycles. The van der Waals surface area contributed by atoms with E-state index in [1.807, 2.05) is 0 Å². The fraction of sp³-hybridized carbons (Fsp3) is 0.107. The molecule has 0 radical (unpaired) electrons. The molecule has 2 saturated carbocycles. The smallest absolute Gasteiger partial charge is 0.252 e. The lowest BCUT2D eigenvalue weighted by Gasteiger charge is -2.48. The number of hydrogen-bond acceptors (Lipinski definition) is 8. The third-order valence-corrected chi connectivity index (χ3v) is 26.5. The molecule has 0 bridgehead atoms. The monoisotopic (exact) mass is 1570 g/mol. The fourth-order valence-corrected chi connectivity index (χ4v) is 21.1. The third kappa shape index (κ3) is 12.5. The second-order valence-corrected chi connectivity index (χ2v) is 33.5. The van der Waals surface area contributed by atoms with Gasteiger partial charge in [0.25, 0.3) is 13.4 Å². The first-order chi connectivity index (χ1) is 60.6. The van der Waals surface area contributed by atoms with E-state index in [0.717, 1.165) is 173 Å². The lowest BCUT2D eigenvalue weighted by atomic mass is 9.30. The summed E-state index contributed by atoms with van der Waals surface area (Å²) in [4.78, 5) is 27.0. The fourth-order valence-electron chi connectivity index (χ4n) is 21.1. The Balaban J connectivity index is 0.848. The van der Waals surface area contributed by atoms with Crippen molar-refractivity contribution in [3.63, 3.8) is 0 Å². The molecule has 0 saturated heterocycles. The van der Waals surface area contributed by atoms with Crippen LogP contribution in [-0.2, 0) is 0 Å². The topological polar surface area (TPSA) is 45.2 Å². The van der Waals surface area contributed by atoms with Crippen molar-refractivity contribution in [3.05, 3.63) is 412 Å². The molecule has 2 aromatic heterocycles. The number of benzene rings is 15. The number of nitrogens with zero attached hydrogens (tertiary/aromatic N) is 8. The van der Waals surface area contributed by atoms with Gasteiger partial charge in [-0.2, -0.15) is 0 Å². The van der Waals surface area contributed by atoms with Crippen LogP contribution in [0, 0.1) is 0 Å². The molecule has 6 aliphatic rings. The first-order valence-corrected chi connectivity index (χ1v) is 43.7. The minimum Gasteiger partial charge on any atom is -0.311 e. The van der Waals surface area contributed by atoms with Gasteiger partial charge in [0.2, 0.25) is 0 Å². The molecule has 23 rings (SSSR count). The second-order valence-electron chi connectivity index (χ2n) is 33.5. The van der Waals surface area contributed by atoms with Gasteiger partial charge in [-0.3, -0.25) is 9.97 Å². The highest BCUT2D eigenvalue weighted by Crippen LogP contribution is 2.56. The summed E-state index contributed by atoms with van der Waals surface area (Å²) < 4.78 is 0. The second kappa shape index (κ2) is 31.0. The van der Waals surface area contributed by atoms with Gasteiger partial charge in [-0.25, -0.2) is 0 Å². The Kier molecular flexibility index (Phi) is 18.5. The van der Waals surface area contributed by atoms with Crippen molar-refractivity contribution in [1.29, 1.82) is 0 Å². The van der Waals surface area contributed by atoms with Crippen molar-refractivity contribution in [1.82, 2.24) is 9.97 Å². The van der Waals surface area contributed by atoms with Gasteiger partial charge in [-0.15, -0.1) is 0 Å². The average Bonchev–Trinajstić information content (AvgIpc) is 0.677. The summed E-state index contributed by atoms with van der Waals surface area (Å²) in [6.07, 6.45) is 12.1. The summed E-state index contributed by atoms with van der Waals surface area (Å²) in [7, 11) is 0. The van der Waals surface area contributed by atoms with E-state index < -0.39 is 0 Å². The molecule has 15 aromatic carbocycles. The minimum absolute atomic E-state index is 0.280. The van der Waals surface area contributed by atoms with Gasteiger partial charge in [0, 0.05) is 119 Å². The van der Waals surface area contributed by atoms with Crippen molar-refractivity contribution >= 4 is 149 Å². The highest BCUT2D eigenvalue weighted by molar-refractivity contribution is 7.03. The Morgan fingerprint density at radius 1 is 0.238 bits per heavy atom. The maximum atomic E-state index is 5.75. The van der Waals surface area contributed by atoms with Crippen LogP contribution in [0.3, 0.4) is 0 Å². The molecule has 0 atom stereocenters. The number of hydrogen-bond donors (Lipinski definition) is 0. The summed E-state index contributed by atoms with van der Waals surface area (Å²) in [5.74, 6) is 0.850. The Morgan fingerprint density at radius 3 is 1.11 bits per heavy atom. The van der Waals surface area contributed by atoms with Crippen molar-refractivity contribution in [3.8, 4) is 44.8 Å². The Hall–Kier alpha value is -14.5. The first kappa shape index (κ1) is 72.7. The summed E-state index contributed by atoms with van der Waals surface area (Å²) in [5, 5.41) is 0. The molecule has 2 aliphatic carbocycles. The highest BCUT2D eigenvalue weighted by Gasteiger charge is 2.50. The molecular weight excluding hydrogens is 1480 g/mol. The van der Waals surface area contributed by atoms with Gasteiger partial charge in [-0.05, 0) is 209 Å². The summed E-state index contributed by atoms with van der Waals surface area (Å²) in [6.45, 7) is -0.582. The van der Waals surface area contributed by atoms with Crippen LogP contribution in [-0.4, -0.2) is 23.4 Å². The Labute approximate surface area is 715 Å². The molecule has 0 unspecified atom stereocenters. The zero-order valence-corrected chi connectivity index (χ0v) is 68.1. The van der Waals surface area contributed by atoms with E-state index in [0.29, 0.717) is 11.8 Å². The van der Waals surface area contributed by atoms with Crippen LogP contribution in [0.25, 0.3) is 44.8 Å². The zero-order valence-electron chi connectivity index (χ0n) is 68.1. The SMILES string of the molecule is c1ccc(-c2cccc(-c3ccccc3)c2N2c3cc4c(cc3B3c5ccccc5N(c5ccccc5)c5cc(N(c6ccccc6)c6ccccc6)cc2c53)B2c3ccccc3N(c3ccccc3-c3cccc(C5CCCCC5)n3)c3cc(N(c5ccccc5)c5ccccc5-c5cccc(C6CCCCC6)n5)cc(c32)N4c2ccccc2)cc1. The molecule has 0 N–H and O–H groups in total. The number of para-hydroxylation sites is 10. The first-order valence-electron chi connectivity index (χ1n) is 43.7. The maximum Gasteiger partial charge on any atom is 0.252 e. The van der Waals surface area contributed by atoms with E-state index in [2.05, 4.69) is 430 Å². The molecule has 8 nitrogen and oxygen atoms in total. The number of rotatable bonds is 16. The maximum absolute atomic E-state index is 5.75. The minimum atomic E-state index is -0.302. The zero-order chi connectivity index (χ0) is 80.6. The number of pyridine rings is 2. The van der Waals surface area contributed by atoms with Crippen LogP contribution in [0.1, 0.15) is 87.4 Å². The predicted molar refractivity (Wildman–Crippen MR) is 513 cm³/mol. The van der Waals surface area contributed by atoms with E-state index in [4.69, 9.17) is 9.97 Å². The van der Waals surface area contributed by atoms with Crippen LogP contribution in [0.15, 0.2) is 400 Å². The summed E-state index contributed by atoms with van der Waals surface area (Å²) in [6, 6.07) is 150. The Bertz CT molecular complexity index is 6690. The van der Waals surface area contributed by atoms with Crippen molar-refractivity contribution < 1.29 is 0 Å². The van der Waals surface area contributed by atoms with Gasteiger partial charge >= 0.3 is 0 Å². The van der Waals surface area contributed by atoms with Gasteiger partial charge in [-0.1, -0.05) is 299 Å². The number of aromatic nitrogens is 2. The van der Waals surface area contributed by atoms with Gasteiger partial charge in [0.15, 0.2) is 0 Å². The van der Waals surface area contributed by atoms with Crippen molar-refractivity contribution in [2.24, 2.45) is 0 Å². The molecule has 6 heterocycles. The number of anilines is 18. The predicted octanol–water partition coefficient (Wildman–Crippen LogP) is 26.3. The highest BCUT2D eigenvalue weighted by atomic mass is 15.2. The van der Waals surface area contributed by atoms with E-state index in [1.54, 1.807) is 0 Å². The van der Waals surface area contributed by atoms with Crippen LogP contribution < -0.4 is 62.2 Å². The third-order valence-electron chi connectivity index (χ3n) is 26.5. The van der Waals surface area contributed by atoms with E-state index in [9.17, 15) is 0 Å². The molecule has 0 amide bonds. The van der Waals surface area contributed by atoms with Crippen LogP contribution >= 0.6 is 0 Å². The molecule has 17 aromatic rings. The largest absolute Gasteiger partial charge is 0.311 e. The molecular formula is C112H88B2N8. The molecule has 582 valence electrons. The van der Waals surface area contributed by atoms with Gasteiger partial charge < -0.3 is 29.4 Å². The van der Waals surface area contributed by atoms with E-state index in [-0.39, 0.29) is 13.4 Å². The molecule has 0 spiro atoms. The average molecular weight is 1570 g/mol. The van der Waals surface area contributed by atoms with E-state index in [1.165, 1.54) is 82.7 Å². The standard InChI is InChI=1S/C112H88B2N8/c1-10-39-77(40-11-1)88-59-36-60-89(78-41-12-2-13-42-78)112(88)122-105-76-104-94(75-95(105)113-92-61-30-34-69-102(92)119(84-53-24-8-25-54-84)106-71-86(72-109(122)111(106)113)117(81-47-18-5-19-48-81)82-49-20-6-21-50-82)114-93-62-31-35-70-103(93)121(101-68-33-29-58-91(101)99-66-38-64-97(116-99)80-45-16-4-17-46-80)108-74-87(73-107(110(108)114)120(104)85-55-26-9-27-56-85)118(83-51-22-7-23-52-83)100-67-32-28-57-90(100)98-65-37-63-96(115-98)79-43-14-3-15-44-79/h1-2,5-13,18-42,47-76,79-80H,3-4,14-17,43-46H2. The summed E-state index contributed by atoms with van der Waals surface area (Å²) in [5.41, 5.74) is 37.5. The van der Waals surface area contributed by atoms with Crippen LogP contribution in [0.5, 0.6) is 0 Å². The van der Waals surface area contributed by atoms with Crippen molar-refractivity contribution in [2.45, 2.75) is 76.0 Å². The number of fused-ring (bicyclic) bond motifs is 8. The molecule has 2 fully saturated rings. The Morgan fingerprint density at radius 2 is 0.598 bits per heavy atom. The quantitative estimate of drug-likeness (QED) is 0.0887. The molecule has 10 heteroatoms. The van der Waals surface area contributed by atoms with Gasteiger partial charge in [0.05, 0.1) is 39.8 Å². The van der Waals surface area contributed by atoms with Crippen LogP contribution in [0.2, 0.25) is 0 Å². The molecule has 122 heavy (non-hydrogen) atoms. The van der Waals surface area contributed by atoms with Crippen LogP contribution in [0.4, 0.5) is 102 Å². The lowest BCUT2D eigenvalue weighted by molar-refractivity contribution is 0.437. The summed E-state index contributed by atoms with van der Waals surface area (Å²) >= 11 is 0. The normalized spacial score (nSPS) is 14.4. The lowest BCUT2D eigenvalue weighted by Crippen LogP contribution is -2.65. The van der Waals surface area contributed by atoms with E-state index >= 15 is 0 Å².